The van der Waals surface area contributed by atoms with Crippen LogP contribution in [0.25, 0.3) is 44.8 Å². The highest BCUT2D eigenvalue weighted by molar-refractivity contribution is 9.10. The molecule has 0 bridgehead atoms. The molecule has 0 amide bonds. The zero-order valence-electron chi connectivity index (χ0n) is 17.8. The number of fused-ring (bicyclic) bond motifs is 4. The molecule has 0 saturated heterocycles. The standard InChI is InChI=1S/C28H20BrN3/c1-28(2)22-10-4-3-9-20(22)21-13-12-17(16-23(21)28)25-26-24(11-6-14-30-26)31-27(32-25)18-7-5-8-19(29)15-18/h3-16H,1-2H3. The zero-order chi connectivity index (χ0) is 21.9. The Morgan fingerprint density at radius 1 is 0.719 bits per heavy atom. The number of hydrogen-bond acceptors (Lipinski definition) is 3. The van der Waals surface area contributed by atoms with Gasteiger partial charge < -0.3 is 0 Å². The minimum Gasteiger partial charge on any atom is -0.252 e. The van der Waals surface area contributed by atoms with Gasteiger partial charge in [0, 0.05) is 27.2 Å². The summed E-state index contributed by atoms with van der Waals surface area (Å²) in [5.74, 6) is 0.699. The third-order valence-corrected chi connectivity index (χ3v) is 6.89. The van der Waals surface area contributed by atoms with Crippen molar-refractivity contribution in [1.82, 2.24) is 15.0 Å². The van der Waals surface area contributed by atoms with Gasteiger partial charge in [-0.25, -0.2) is 9.97 Å². The molecule has 1 aliphatic rings. The second kappa shape index (κ2) is 7.07. The molecule has 6 rings (SSSR count). The van der Waals surface area contributed by atoms with E-state index in [4.69, 9.17) is 9.97 Å². The summed E-state index contributed by atoms with van der Waals surface area (Å²) in [6, 6.07) is 27.4. The Labute approximate surface area is 195 Å². The Balaban J connectivity index is 1.59. The summed E-state index contributed by atoms with van der Waals surface area (Å²) in [6.45, 7) is 4.59. The summed E-state index contributed by atoms with van der Waals surface area (Å²) in [6.07, 6.45) is 1.81. The second-order valence-electron chi connectivity index (χ2n) is 8.71. The van der Waals surface area contributed by atoms with Gasteiger partial charge in [0.1, 0.15) is 11.2 Å². The largest absolute Gasteiger partial charge is 0.252 e. The second-order valence-corrected chi connectivity index (χ2v) is 9.62. The van der Waals surface area contributed by atoms with Crippen molar-refractivity contribution in [3.63, 3.8) is 0 Å². The van der Waals surface area contributed by atoms with Gasteiger partial charge in [-0.15, -0.1) is 0 Å². The number of rotatable bonds is 2. The summed E-state index contributed by atoms with van der Waals surface area (Å²) < 4.78 is 1.00. The van der Waals surface area contributed by atoms with Gasteiger partial charge in [-0.05, 0) is 52.6 Å². The van der Waals surface area contributed by atoms with E-state index < -0.39 is 0 Å². The zero-order valence-corrected chi connectivity index (χ0v) is 19.4. The van der Waals surface area contributed by atoms with E-state index in [0.717, 1.165) is 32.3 Å². The number of hydrogen-bond donors (Lipinski definition) is 0. The SMILES string of the molecule is CC1(C)c2ccccc2-c2ccc(-c3nc(-c4cccc(Br)c4)nc4cccnc34)cc21. The molecule has 0 atom stereocenters. The lowest BCUT2D eigenvalue weighted by atomic mass is 9.82. The lowest BCUT2D eigenvalue weighted by molar-refractivity contribution is 0.660. The highest BCUT2D eigenvalue weighted by Crippen LogP contribution is 2.49. The predicted octanol–water partition coefficient (Wildman–Crippen LogP) is 7.43. The molecule has 0 spiro atoms. The van der Waals surface area contributed by atoms with Gasteiger partial charge in [0.2, 0.25) is 0 Å². The van der Waals surface area contributed by atoms with Crippen molar-refractivity contribution in [1.29, 1.82) is 0 Å². The summed E-state index contributed by atoms with van der Waals surface area (Å²) in [5, 5.41) is 0. The highest BCUT2D eigenvalue weighted by Gasteiger charge is 2.35. The normalized spacial score (nSPS) is 13.7. The van der Waals surface area contributed by atoms with Crippen molar-refractivity contribution in [2.45, 2.75) is 19.3 Å². The molecule has 154 valence electrons. The summed E-state index contributed by atoms with van der Waals surface area (Å²) >= 11 is 3.57. The summed E-state index contributed by atoms with van der Waals surface area (Å²) in [4.78, 5) is 14.5. The van der Waals surface area contributed by atoms with E-state index in [1.54, 1.807) is 6.20 Å². The first-order valence-corrected chi connectivity index (χ1v) is 11.5. The lowest BCUT2D eigenvalue weighted by Gasteiger charge is -2.22. The van der Waals surface area contributed by atoms with E-state index >= 15 is 0 Å². The fourth-order valence-corrected chi connectivity index (χ4v) is 5.18. The molecule has 2 aromatic heterocycles. The highest BCUT2D eigenvalue weighted by atomic mass is 79.9. The first-order chi connectivity index (χ1) is 15.5. The average molecular weight is 478 g/mol. The van der Waals surface area contributed by atoms with Gasteiger partial charge in [0.25, 0.3) is 0 Å². The minimum absolute atomic E-state index is 0.0642. The van der Waals surface area contributed by atoms with Crippen LogP contribution in [-0.2, 0) is 5.41 Å². The summed E-state index contributed by atoms with van der Waals surface area (Å²) in [5.41, 5.74) is 9.80. The number of pyridine rings is 1. The van der Waals surface area contributed by atoms with Crippen LogP contribution in [0, 0.1) is 0 Å². The number of halogens is 1. The molecule has 3 nitrogen and oxygen atoms in total. The van der Waals surface area contributed by atoms with Crippen LogP contribution in [0.15, 0.2) is 89.5 Å². The van der Waals surface area contributed by atoms with Crippen molar-refractivity contribution in [2.24, 2.45) is 0 Å². The van der Waals surface area contributed by atoms with Gasteiger partial charge in [0.05, 0.1) is 5.52 Å². The molecule has 0 aliphatic heterocycles. The maximum Gasteiger partial charge on any atom is 0.160 e. The van der Waals surface area contributed by atoms with E-state index in [1.165, 1.54) is 22.3 Å². The molecule has 2 heterocycles. The van der Waals surface area contributed by atoms with Gasteiger partial charge >= 0.3 is 0 Å². The molecule has 4 heteroatoms. The number of nitrogens with zero attached hydrogens (tertiary/aromatic N) is 3. The maximum atomic E-state index is 5.01. The van der Waals surface area contributed by atoms with Crippen LogP contribution in [-0.4, -0.2) is 15.0 Å². The van der Waals surface area contributed by atoms with Gasteiger partial charge in [-0.3, -0.25) is 4.98 Å². The maximum absolute atomic E-state index is 5.01. The predicted molar refractivity (Wildman–Crippen MR) is 133 cm³/mol. The Bertz CT molecular complexity index is 1520. The molecular weight excluding hydrogens is 458 g/mol. The molecule has 0 radical (unpaired) electrons. The van der Waals surface area contributed by atoms with Crippen LogP contribution in [0.2, 0.25) is 0 Å². The first kappa shape index (κ1) is 19.3. The molecule has 5 aromatic rings. The molecular formula is C28H20BrN3. The minimum atomic E-state index is -0.0642. The van der Waals surface area contributed by atoms with E-state index in [1.807, 2.05) is 36.4 Å². The molecule has 1 aliphatic carbocycles. The third kappa shape index (κ3) is 2.90. The fourth-order valence-electron chi connectivity index (χ4n) is 4.78. The molecule has 3 aromatic carbocycles. The monoisotopic (exact) mass is 477 g/mol. The van der Waals surface area contributed by atoms with Gasteiger partial charge in [-0.2, -0.15) is 0 Å². The third-order valence-electron chi connectivity index (χ3n) is 6.39. The van der Waals surface area contributed by atoms with E-state index in [2.05, 4.69) is 77.2 Å². The molecule has 0 saturated carbocycles. The smallest absolute Gasteiger partial charge is 0.160 e. The number of aromatic nitrogens is 3. The van der Waals surface area contributed by atoms with Gasteiger partial charge in [0.15, 0.2) is 5.82 Å². The fraction of sp³-hybridized carbons (Fsp3) is 0.107. The van der Waals surface area contributed by atoms with E-state index in [9.17, 15) is 0 Å². The molecule has 0 unspecified atom stereocenters. The Morgan fingerprint density at radius 2 is 1.56 bits per heavy atom. The Hall–Kier alpha value is -3.37. The molecule has 0 fully saturated rings. The van der Waals surface area contributed by atoms with Crippen molar-refractivity contribution < 1.29 is 0 Å². The molecule has 0 N–H and O–H groups in total. The van der Waals surface area contributed by atoms with Gasteiger partial charge in [-0.1, -0.05) is 78.3 Å². The Morgan fingerprint density at radius 3 is 2.44 bits per heavy atom. The van der Waals surface area contributed by atoms with Crippen molar-refractivity contribution >= 4 is 27.0 Å². The average Bonchev–Trinajstić information content (AvgIpc) is 3.05. The van der Waals surface area contributed by atoms with E-state index in [0.29, 0.717) is 5.82 Å². The van der Waals surface area contributed by atoms with Crippen molar-refractivity contribution in [2.75, 3.05) is 0 Å². The van der Waals surface area contributed by atoms with Crippen molar-refractivity contribution in [3.05, 3.63) is 101 Å². The van der Waals surface area contributed by atoms with Crippen LogP contribution in [0.4, 0.5) is 0 Å². The first-order valence-electron chi connectivity index (χ1n) is 10.7. The Kier molecular flexibility index (Phi) is 4.27. The topological polar surface area (TPSA) is 38.7 Å². The van der Waals surface area contributed by atoms with Crippen LogP contribution in [0.1, 0.15) is 25.0 Å². The molecule has 32 heavy (non-hydrogen) atoms. The number of benzene rings is 3. The quantitative estimate of drug-likeness (QED) is 0.265. The van der Waals surface area contributed by atoms with E-state index in [-0.39, 0.29) is 5.41 Å². The van der Waals surface area contributed by atoms with Crippen LogP contribution < -0.4 is 0 Å². The van der Waals surface area contributed by atoms with Crippen molar-refractivity contribution in [3.8, 4) is 33.8 Å². The summed E-state index contributed by atoms with van der Waals surface area (Å²) in [7, 11) is 0. The van der Waals surface area contributed by atoms with Crippen LogP contribution >= 0.6 is 15.9 Å². The van der Waals surface area contributed by atoms with Crippen LogP contribution in [0.5, 0.6) is 0 Å². The lowest BCUT2D eigenvalue weighted by Crippen LogP contribution is -2.15. The van der Waals surface area contributed by atoms with Crippen LogP contribution in [0.3, 0.4) is 0 Å².